The second-order valence-electron chi connectivity index (χ2n) is 4.60. The Bertz CT molecular complexity index is 739. The van der Waals surface area contributed by atoms with Crippen molar-refractivity contribution in [1.82, 2.24) is 14.8 Å². The van der Waals surface area contributed by atoms with Gasteiger partial charge in [0.05, 0.1) is 7.11 Å². The Balaban J connectivity index is 2.06. The monoisotopic (exact) mass is 318 g/mol. The van der Waals surface area contributed by atoms with Crippen LogP contribution in [0.25, 0.3) is 0 Å². The van der Waals surface area contributed by atoms with E-state index in [1.165, 1.54) is 11.8 Å². The van der Waals surface area contributed by atoms with Gasteiger partial charge in [0.25, 0.3) is 0 Å². The lowest BCUT2D eigenvalue weighted by Crippen LogP contribution is -2.24. The van der Waals surface area contributed by atoms with E-state index >= 15 is 0 Å². The van der Waals surface area contributed by atoms with Crippen molar-refractivity contribution >= 4 is 23.7 Å². The Kier molecular flexibility index (Phi) is 3.76. The molecular formula is C14H14N4O3S. The maximum atomic E-state index is 11.3. The first-order valence-corrected chi connectivity index (χ1v) is 7.71. The first-order valence-electron chi connectivity index (χ1n) is 6.49. The maximum absolute atomic E-state index is 11.3. The fourth-order valence-corrected chi connectivity index (χ4v) is 2.57. The van der Waals surface area contributed by atoms with E-state index < -0.39 is 5.97 Å². The number of rotatable bonds is 4. The Labute approximate surface area is 131 Å². The molecule has 0 saturated carbocycles. The van der Waals surface area contributed by atoms with Crippen LogP contribution in [0.4, 0.5) is 5.95 Å². The molecule has 0 saturated heterocycles. The number of anilines is 1. The molecule has 3 rings (SSSR count). The van der Waals surface area contributed by atoms with Crippen molar-refractivity contribution in [2.75, 3.05) is 18.7 Å². The molecule has 1 aliphatic rings. The fourth-order valence-electron chi connectivity index (χ4n) is 2.22. The van der Waals surface area contributed by atoms with Crippen LogP contribution in [-0.4, -0.2) is 39.2 Å². The SMILES string of the molecule is COc1ccc(C2C=C(C(=O)O)Nc3nc(SC)nn32)cc1. The zero-order valence-electron chi connectivity index (χ0n) is 12.0. The number of carboxylic acids is 1. The first kappa shape index (κ1) is 14.5. The highest BCUT2D eigenvalue weighted by molar-refractivity contribution is 7.98. The molecule has 0 fully saturated rings. The molecule has 0 amide bonds. The van der Waals surface area contributed by atoms with Gasteiger partial charge in [-0.05, 0) is 30.0 Å². The third kappa shape index (κ3) is 2.52. The molecule has 8 heteroatoms. The van der Waals surface area contributed by atoms with E-state index in [9.17, 15) is 9.90 Å². The number of hydrogen-bond acceptors (Lipinski definition) is 6. The number of hydrogen-bond donors (Lipinski definition) is 2. The standard InChI is InChI=1S/C14H14N4O3S/c1-21-9-5-3-8(4-6-9)11-7-10(12(19)20)15-13-16-14(22-2)17-18(11)13/h3-7,11H,1-2H3,(H,19,20)(H,15,16,17). The highest BCUT2D eigenvalue weighted by Crippen LogP contribution is 2.31. The quantitative estimate of drug-likeness (QED) is 0.833. The molecule has 1 aromatic heterocycles. The third-order valence-corrected chi connectivity index (χ3v) is 3.85. The van der Waals surface area contributed by atoms with Crippen molar-refractivity contribution < 1.29 is 14.6 Å². The van der Waals surface area contributed by atoms with Crippen LogP contribution in [0.3, 0.4) is 0 Å². The molecule has 0 bridgehead atoms. The number of benzene rings is 1. The Morgan fingerprint density at radius 3 is 2.73 bits per heavy atom. The zero-order valence-corrected chi connectivity index (χ0v) is 12.8. The van der Waals surface area contributed by atoms with Crippen molar-refractivity contribution in [1.29, 1.82) is 0 Å². The topological polar surface area (TPSA) is 89.3 Å². The predicted octanol–water partition coefficient (Wildman–Crippen LogP) is 1.99. The number of allylic oxidation sites excluding steroid dienone is 1. The number of thioether (sulfide) groups is 1. The molecule has 2 N–H and O–H groups in total. The second-order valence-corrected chi connectivity index (χ2v) is 5.37. The fraction of sp³-hybridized carbons (Fsp3) is 0.214. The van der Waals surface area contributed by atoms with E-state index in [1.807, 2.05) is 30.5 Å². The number of aliphatic carboxylic acids is 1. The average molecular weight is 318 g/mol. The van der Waals surface area contributed by atoms with Crippen LogP contribution in [-0.2, 0) is 4.79 Å². The summed E-state index contributed by atoms with van der Waals surface area (Å²) >= 11 is 1.40. The molecule has 1 aromatic carbocycles. The molecule has 1 unspecified atom stereocenters. The normalized spacial score (nSPS) is 16.5. The van der Waals surface area contributed by atoms with E-state index in [1.54, 1.807) is 17.9 Å². The third-order valence-electron chi connectivity index (χ3n) is 3.32. The summed E-state index contributed by atoms with van der Waals surface area (Å²) in [7, 11) is 1.60. The number of methoxy groups -OCH3 is 1. The lowest BCUT2D eigenvalue weighted by atomic mass is 10.0. The van der Waals surface area contributed by atoms with Gasteiger partial charge in [-0.3, -0.25) is 0 Å². The van der Waals surface area contributed by atoms with Gasteiger partial charge in [-0.25, -0.2) is 9.48 Å². The summed E-state index contributed by atoms with van der Waals surface area (Å²) in [5.74, 6) is 0.132. The van der Waals surface area contributed by atoms with Gasteiger partial charge < -0.3 is 15.2 Å². The maximum Gasteiger partial charge on any atom is 0.352 e. The summed E-state index contributed by atoms with van der Waals surface area (Å²) in [6.45, 7) is 0. The number of carbonyl (C=O) groups is 1. The van der Waals surface area contributed by atoms with Gasteiger partial charge >= 0.3 is 5.97 Å². The molecule has 0 radical (unpaired) electrons. The van der Waals surface area contributed by atoms with E-state index in [2.05, 4.69) is 15.4 Å². The van der Waals surface area contributed by atoms with Crippen LogP contribution >= 0.6 is 11.8 Å². The van der Waals surface area contributed by atoms with Crippen LogP contribution < -0.4 is 10.1 Å². The highest BCUT2D eigenvalue weighted by atomic mass is 32.2. The molecular weight excluding hydrogens is 304 g/mol. The largest absolute Gasteiger partial charge is 0.497 e. The van der Waals surface area contributed by atoms with Crippen LogP contribution in [0.2, 0.25) is 0 Å². The first-order chi connectivity index (χ1) is 10.6. The van der Waals surface area contributed by atoms with E-state index in [-0.39, 0.29) is 11.7 Å². The minimum Gasteiger partial charge on any atom is -0.497 e. The number of fused-ring (bicyclic) bond motifs is 1. The molecule has 1 aliphatic heterocycles. The minimum absolute atomic E-state index is 0.0911. The minimum atomic E-state index is -1.03. The van der Waals surface area contributed by atoms with Gasteiger partial charge in [0.1, 0.15) is 17.5 Å². The van der Waals surface area contributed by atoms with Gasteiger partial charge in [0, 0.05) is 0 Å². The van der Waals surface area contributed by atoms with Crippen LogP contribution in [0, 0.1) is 0 Å². The number of aromatic nitrogens is 3. The van der Waals surface area contributed by atoms with Crippen molar-refractivity contribution in [3.05, 3.63) is 41.6 Å². The molecule has 7 nitrogen and oxygen atoms in total. The number of nitrogens with one attached hydrogen (secondary N) is 1. The Hall–Kier alpha value is -2.48. The van der Waals surface area contributed by atoms with E-state index in [0.29, 0.717) is 11.1 Å². The van der Waals surface area contributed by atoms with Crippen LogP contribution in [0.15, 0.2) is 41.2 Å². The summed E-state index contributed by atoms with van der Waals surface area (Å²) < 4.78 is 6.83. The number of nitrogens with zero attached hydrogens (tertiary/aromatic N) is 3. The number of carboxylic acid groups (broad SMARTS) is 1. The van der Waals surface area contributed by atoms with Crippen molar-refractivity contribution in [2.45, 2.75) is 11.2 Å². The Morgan fingerprint density at radius 2 is 2.14 bits per heavy atom. The number of ether oxygens (including phenoxy) is 1. The van der Waals surface area contributed by atoms with E-state index in [0.717, 1.165) is 11.3 Å². The van der Waals surface area contributed by atoms with Gasteiger partial charge in [-0.2, -0.15) is 4.98 Å². The summed E-state index contributed by atoms with van der Waals surface area (Å²) in [5.41, 5.74) is 0.994. The van der Waals surface area contributed by atoms with Crippen molar-refractivity contribution in [3.63, 3.8) is 0 Å². The van der Waals surface area contributed by atoms with Gasteiger partial charge in [0.15, 0.2) is 0 Å². The molecule has 114 valence electrons. The van der Waals surface area contributed by atoms with Gasteiger partial charge in [-0.15, -0.1) is 5.10 Å². The van der Waals surface area contributed by atoms with Crippen molar-refractivity contribution in [2.24, 2.45) is 0 Å². The van der Waals surface area contributed by atoms with Gasteiger partial charge in [-0.1, -0.05) is 23.9 Å². The molecule has 2 aromatic rings. The van der Waals surface area contributed by atoms with Crippen LogP contribution in [0.5, 0.6) is 5.75 Å². The average Bonchev–Trinajstić information content (AvgIpc) is 2.97. The zero-order chi connectivity index (χ0) is 15.7. The van der Waals surface area contributed by atoms with Crippen molar-refractivity contribution in [3.8, 4) is 5.75 Å². The lowest BCUT2D eigenvalue weighted by molar-refractivity contribution is -0.132. The van der Waals surface area contributed by atoms with Crippen LogP contribution in [0.1, 0.15) is 11.6 Å². The molecule has 1 atom stereocenters. The predicted molar refractivity (Wildman–Crippen MR) is 82.3 cm³/mol. The Morgan fingerprint density at radius 1 is 1.41 bits per heavy atom. The summed E-state index contributed by atoms with van der Waals surface area (Å²) in [4.78, 5) is 15.6. The second kappa shape index (κ2) is 5.72. The smallest absolute Gasteiger partial charge is 0.352 e. The van der Waals surface area contributed by atoms with Gasteiger partial charge in [0.2, 0.25) is 11.1 Å². The van der Waals surface area contributed by atoms with E-state index in [4.69, 9.17) is 4.74 Å². The molecule has 0 aliphatic carbocycles. The summed E-state index contributed by atoms with van der Waals surface area (Å²) in [5, 5.41) is 17.0. The summed E-state index contributed by atoms with van der Waals surface area (Å²) in [6, 6.07) is 7.10. The molecule has 2 heterocycles. The molecule has 22 heavy (non-hydrogen) atoms. The molecule has 0 spiro atoms. The highest BCUT2D eigenvalue weighted by Gasteiger charge is 2.27. The lowest BCUT2D eigenvalue weighted by Gasteiger charge is -2.22. The summed E-state index contributed by atoms with van der Waals surface area (Å²) in [6.07, 6.45) is 3.49.